The monoisotopic (exact) mass is 286 g/mol. The van der Waals surface area contributed by atoms with E-state index in [1.54, 1.807) is 13.3 Å². The van der Waals surface area contributed by atoms with E-state index in [4.69, 9.17) is 9.47 Å². The van der Waals surface area contributed by atoms with Gasteiger partial charge >= 0.3 is 0 Å². The van der Waals surface area contributed by atoms with Crippen LogP contribution < -0.4 is 10.1 Å². The number of nitrogens with zero attached hydrogens (tertiary/aromatic N) is 1. The quantitative estimate of drug-likeness (QED) is 0.758. The van der Waals surface area contributed by atoms with Crippen molar-refractivity contribution in [2.24, 2.45) is 0 Å². The van der Waals surface area contributed by atoms with Crippen LogP contribution in [0.2, 0.25) is 0 Å². The maximum absolute atomic E-state index is 5.92. The molecule has 1 aromatic carbocycles. The van der Waals surface area contributed by atoms with Crippen LogP contribution in [0.15, 0.2) is 42.7 Å². The van der Waals surface area contributed by atoms with E-state index >= 15 is 0 Å². The smallest absolute Gasteiger partial charge is 0.124 e. The molecular formula is C17H22N2O2. The van der Waals surface area contributed by atoms with E-state index in [1.807, 2.05) is 24.4 Å². The Morgan fingerprint density at radius 2 is 2.14 bits per heavy atom. The summed E-state index contributed by atoms with van der Waals surface area (Å²) in [6.45, 7) is 4.92. The van der Waals surface area contributed by atoms with Crippen LogP contribution >= 0.6 is 0 Å². The maximum Gasteiger partial charge on any atom is 0.124 e. The summed E-state index contributed by atoms with van der Waals surface area (Å²) in [5.74, 6) is 0.911. The van der Waals surface area contributed by atoms with Crippen molar-refractivity contribution >= 4 is 0 Å². The van der Waals surface area contributed by atoms with Crippen molar-refractivity contribution in [3.63, 3.8) is 0 Å². The molecule has 2 rings (SSSR count). The van der Waals surface area contributed by atoms with Gasteiger partial charge in [0.05, 0.1) is 6.61 Å². The summed E-state index contributed by atoms with van der Waals surface area (Å²) in [5, 5.41) is 3.35. The lowest BCUT2D eigenvalue weighted by atomic mass is 10.1. The molecule has 0 saturated heterocycles. The Hall–Kier alpha value is -1.91. The van der Waals surface area contributed by atoms with Crippen LogP contribution in [0.5, 0.6) is 5.75 Å². The molecule has 4 heteroatoms. The summed E-state index contributed by atoms with van der Waals surface area (Å²) < 4.78 is 11.0. The molecule has 0 radical (unpaired) electrons. The zero-order valence-electron chi connectivity index (χ0n) is 12.6. The van der Waals surface area contributed by atoms with Gasteiger partial charge in [0, 0.05) is 43.7 Å². The van der Waals surface area contributed by atoms with Crippen molar-refractivity contribution in [2.45, 2.75) is 20.1 Å². The van der Waals surface area contributed by atoms with Gasteiger partial charge in [0.1, 0.15) is 12.4 Å². The number of rotatable bonds is 8. The Balaban J connectivity index is 1.97. The molecule has 1 aromatic heterocycles. The van der Waals surface area contributed by atoms with Gasteiger partial charge in [0.2, 0.25) is 0 Å². The summed E-state index contributed by atoms with van der Waals surface area (Å²) >= 11 is 0. The highest BCUT2D eigenvalue weighted by molar-refractivity contribution is 5.37. The number of nitrogens with one attached hydrogen (secondary N) is 1. The third-order valence-electron chi connectivity index (χ3n) is 3.13. The highest BCUT2D eigenvalue weighted by Gasteiger charge is 2.04. The number of aromatic nitrogens is 1. The molecule has 0 aliphatic rings. The van der Waals surface area contributed by atoms with Crippen LogP contribution in [0.3, 0.4) is 0 Å². The number of hydrogen-bond acceptors (Lipinski definition) is 4. The van der Waals surface area contributed by atoms with Crippen molar-refractivity contribution in [3.05, 3.63) is 59.4 Å². The largest absolute Gasteiger partial charge is 0.489 e. The molecular weight excluding hydrogens is 264 g/mol. The minimum atomic E-state index is 0.530. The lowest BCUT2D eigenvalue weighted by molar-refractivity contribution is 0.199. The normalized spacial score (nSPS) is 10.6. The molecule has 0 fully saturated rings. The zero-order valence-corrected chi connectivity index (χ0v) is 12.6. The van der Waals surface area contributed by atoms with Crippen molar-refractivity contribution in [2.75, 3.05) is 20.3 Å². The van der Waals surface area contributed by atoms with Gasteiger partial charge in [0.15, 0.2) is 0 Å². The summed E-state index contributed by atoms with van der Waals surface area (Å²) in [7, 11) is 1.71. The molecule has 1 heterocycles. The van der Waals surface area contributed by atoms with Crippen molar-refractivity contribution < 1.29 is 9.47 Å². The molecule has 112 valence electrons. The minimum absolute atomic E-state index is 0.530. The number of benzene rings is 1. The van der Waals surface area contributed by atoms with E-state index in [0.29, 0.717) is 13.2 Å². The van der Waals surface area contributed by atoms with Gasteiger partial charge in [-0.2, -0.15) is 0 Å². The number of aryl methyl sites for hydroxylation is 1. The average molecular weight is 286 g/mol. The highest BCUT2D eigenvalue weighted by Crippen LogP contribution is 2.21. The van der Waals surface area contributed by atoms with Crippen LogP contribution in [-0.2, 0) is 17.9 Å². The van der Waals surface area contributed by atoms with Crippen LogP contribution in [0.4, 0.5) is 0 Å². The number of pyridine rings is 1. The first-order valence-electron chi connectivity index (χ1n) is 7.10. The van der Waals surface area contributed by atoms with E-state index < -0.39 is 0 Å². The first-order chi connectivity index (χ1) is 10.3. The molecule has 21 heavy (non-hydrogen) atoms. The Morgan fingerprint density at radius 3 is 2.90 bits per heavy atom. The molecule has 0 atom stereocenters. The first-order valence-corrected chi connectivity index (χ1v) is 7.10. The third-order valence-corrected chi connectivity index (χ3v) is 3.13. The van der Waals surface area contributed by atoms with E-state index in [-0.39, 0.29) is 0 Å². The topological polar surface area (TPSA) is 43.4 Å². The maximum atomic E-state index is 5.92. The van der Waals surface area contributed by atoms with Crippen molar-refractivity contribution in [1.29, 1.82) is 0 Å². The van der Waals surface area contributed by atoms with Gasteiger partial charge in [-0.05, 0) is 19.1 Å². The summed E-state index contributed by atoms with van der Waals surface area (Å²) in [6, 6.07) is 10.2. The zero-order chi connectivity index (χ0) is 14.9. The van der Waals surface area contributed by atoms with Crippen LogP contribution in [0.1, 0.15) is 16.7 Å². The SMILES string of the molecule is COCCNCc1cc(C)ccc1OCc1cccnc1. The van der Waals surface area contributed by atoms with E-state index in [1.165, 1.54) is 5.56 Å². The van der Waals surface area contributed by atoms with Gasteiger partial charge in [-0.15, -0.1) is 0 Å². The molecule has 0 aliphatic heterocycles. The Labute approximate surface area is 126 Å². The second-order valence-corrected chi connectivity index (χ2v) is 4.93. The van der Waals surface area contributed by atoms with Gasteiger partial charge < -0.3 is 14.8 Å². The van der Waals surface area contributed by atoms with E-state index in [9.17, 15) is 0 Å². The summed E-state index contributed by atoms with van der Waals surface area (Å²) in [6.07, 6.45) is 3.59. The molecule has 0 unspecified atom stereocenters. The molecule has 1 N–H and O–H groups in total. The third kappa shape index (κ3) is 5.17. The Kier molecular flexibility index (Phi) is 6.19. The number of methoxy groups -OCH3 is 1. The summed E-state index contributed by atoms with van der Waals surface area (Å²) in [5.41, 5.74) is 3.46. The van der Waals surface area contributed by atoms with Crippen molar-refractivity contribution in [3.8, 4) is 5.75 Å². The van der Waals surface area contributed by atoms with Gasteiger partial charge in [-0.25, -0.2) is 0 Å². The molecule has 0 spiro atoms. The van der Waals surface area contributed by atoms with Crippen LogP contribution in [-0.4, -0.2) is 25.2 Å². The van der Waals surface area contributed by atoms with Gasteiger partial charge in [-0.1, -0.05) is 23.8 Å². The lowest BCUT2D eigenvalue weighted by Crippen LogP contribution is -2.19. The van der Waals surface area contributed by atoms with Gasteiger partial charge in [-0.3, -0.25) is 4.98 Å². The minimum Gasteiger partial charge on any atom is -0.489 e. The molecule has 0 saturated carbocycles. The molecule has 4 nitrogen and oxygen atoms in total. The Morgan fingerprint density at radius 1 is 1.24 bits per heavy atom. The number of ether oxygens (including phenoxy) is 2. The first kappa shape index (κ1) is 15.5. The average Bonchev–Trinajstić information content (AvgIpc) is 2.52. The second kappa shape index (κ2) is 8.39. The van der Waals surface area contributed by atoms with E-state index in [0.717, 1.165) is 30.0 Å². The number of hydrogen-bond donors (Lipinski definition) is 1. The predicted molar refractivity (Wildman–Crippen MR) is 83.3 cm³/mol. The predicted octanol–water partition coefficient (Wildman–Crippen LogP) is 2.71. The van der Waals surface area contributed by atoms with Crippen molar-refractivity contribution in [1.82, 2.24) is 10.3 Å². The molecule has 0 aliphatic carbocycles. The Bertz CT molecular complexity index is 544. The fourth-order valence-corrected chi connectivity index (χ4v) is 2.03. The molecule has 0 bridgehead atoms. The molecule has 2 aromatic rings. The molecule has 0 amide bonds. The lowest BCUT2D eigenvalue weighted by Gasteiger charge is -2.13. The highest BCUT2D eigenvalue weighted by atomic mass is 16.5. The standard InChI is InChI=1S/C17H22N2O2/c1-14-5-6-17(16(10-14)12-19-8-9-20-2)21-13-15-4-3-7-18-11-15/h3-7,10-11,19H,8-9,12-13H2,1-2H3. The fourth-order valence-electron chi connectivity index (χ4n) is 2.03. The fraction of sp³-hybridized carbons (Fsp3) is 0.353. The van der Waals surface area contributed by atoms with Crippen LogP contribution in [0.25, 0.3) is 0 Å². The summed E-state index contributed by atoms with van der Waals surface area (Å²) in [4.78, 5) is 4.10. The van der Waals surface area contributed by atoms with Gasteiger partial charge in [0.25, 0.3) is 0 Å². The van der Waals surface area contributed by atoms with Crippen LogP contribution in [0, 0.1) is 6.92 Å². The van der Waals surface area contributed by atoms with E-state index in [2.05, 4.69) is 29.4 Å². The second-order valence-electron chi connectivity index (χ2n) is 4.93.